The molecule has 1 aliphatic rings. The lowest BCUT2D eigenvalue weighted by Gasteiger charge is -2.12. The Hall–Kier alpha value is -2.45. The van der Waals surface area contributed by atoms with Crippen LogP contribution in [0.3, 0.4) is 0 Å². The Morgan fingerprint density at radius 2 is 1.87 bits per heavy atom. The third-order valence-electron chi connectivity index (χ3n) is 4.59. The van der Waals surface area contributed by atoms with Crippen LogP contribution in [0.4, 0.5) is 18.9 Å². The average Bonchev–Trinajstić information content (AvgIpc) is 3.44. The van der Waals surface area contributed by atoms with Crippen molar-refractivity contribution < 1.29 is 18.0 Å². The number of carbonyl (C=O) groups is 1. The number of benzene rings is 2. The summed E-state index contributed by atoms with van der Waals surface area (Å²) < 4.78 is 40.3. The minimum atomic E-state index is -4.53. The molecule has 4 rings (SSSR count). The number of alkyl halides is 3. The number of nitrogens with zero attached hydrogens (tertiary/aromatic N) is 2. The Bertz CT molecular complexity index is 1060. The van der Waals surface area contributed by atoms with Crippen molar-refractivity contribution in [2.24, 2.45) is 0 Å². The van der Waals surface area contributed by atoms with Crippen molar-refractivity contribution in [1.29, 1.82) is 0 Å². The number of hydrogen-bond donors (Lipinski definition) is 1. The summed E-state index contributed by atoms with van der Waals surface area (Å²) in [6.07, 6.45) is -2.91. The van der Waals surface area contributed by atoms with Crippen LogP contribution in [0.2, 0.25) is 5.02 Å². The maximum absolute atomic E-state index is 13.0. The summed E-state index contributed by atoms with van der Waals surface area (Å²) in [6.45, 7) is -0.276. The van der Waals surface area contributed by atoms with E-state index >= 15 is 0 Å². The Morgan fingerprint density at radius 3 is 2.53 bits per heavy atom. The molecule has 0 radical (unpaired) electrons. The van der Waals surface area contributed by atoms with E-state index in [1.807, 2.05) is 24.3 Å². The molecule has 0 unspecified atom stereocenters. The Balaban J connectivity index is 1.50. The SMILES string of the molecule is O=C(Cn1nc(C(F)(F)F)cc1C1CC1)Nc1ccccc1Sc1ccc(Cl)cc1. The first kappa shape index (κ1) is 20.8. The molecule has 3 aromatic rings. The summed E-state index contributed by atoms with van der Waals surface area (Å²) in [6, 6.07) is 15.6. The van der Waals surface area contributed by atoms with Crippen molar-refractivity contribution in [3.63, 3.8) is 0 Å². The van der Waals surface area contributed by atoms with Gasteiger partial charge < -0.3 is 5.32 Å². The lowest BCUT2D eigenvalue weighted by Crippen LogP contribution is -2.21. The number of rotatable bonds is 6. The van der Waals surface area contributed by atoms with E-state index in [-0.39, 0.29) is 12.5 Å². The predicted octanol–water partition coefficient (Wildman–Crippen LogP) is 6.22. The maximum Gasteiger partial charge on any atom is 0.435 e. The van der Waals surface area contributed by atoms with Crippen LogP contribution in [0.15, 0.2) is 64.4 Å². The molecule has 0 atom stereocenters. The van der Waals surface area contributed by atoms with Gasteiger partial charge in [0.2, 0.25) is 5.91 Å². The highest BCUT2D eigenvalue weighted by molar-refractivity contribution is 7.99. The lowest BCUT2D eigenvalue weighted by atomic mass is 10.2. The summed E-state index contributed by atoms with van der Waals surface area (Å²) in [4.78, 5) is 14.4. The molecular formula is C21H17ClF3N3OS. The van der Waals surface area contributed by atoms with Gasteiger partial charge in [-0.1, -0.05) is 35.5 Å². The van der Waals surface area contributed by atoms with Crippen LogP contribution in [-0.4, -0.2) is 15.7 Å². The molecule has 1 saturated carbocycles. The largest absolute Gasteiger partial charge is 0.435 e. The molecule has 1 aliphatic carbocycles. The fraction of sp³-hybridized carbons (Fsp3) is 0.238. The molecule has 0 aliphatic heterocycles. The zero-order valence-electron chi connectivity index (χ0n) is 15.6. The number of halogens is 4. The maximum atomic E-state index is 13.0. The zero-order chi connectivity index (χ0) is 21.3. The summed E-state index contributed by atoms with van der Waals surface area (Å²) in [5, 5.41) is 7.06. The highest BCUT2D eigenvalue weighted by Gasteiger charge is 2.38. The second kappa shape index (κ2) is 8.35. The molecule has 0 saturated heterocycles. The number of carbonyl (C=O) groups excluding carboxylic acids is 1. The predicted molar refractivity (Wildman–Crippen MR) is 110 cm³/mol. The van der Waals surface area contributed by atoms with Gasteiger partial charge in [-0.05, 0) is 55.3 Å². The van der Waals surface area contributed by atoms with E-state index < -0.39 is 17.8 Å². The number of para-hydroxylation sites is 1. The smallest absolute Gasteiger partial charge is 0.323 e. The standard InChI is InChI=1S/C21H17ClF3N3OS/c22-14-7-9-15(10-8-14)30-18-4-2-1-3-16(18)26-20(29)12-28-17(13-5-6-13)11-19(27-28)21(23,24)25/h1-4,7-11,13H,5-6,12H2,(H,26,29). The quantitative estimate of drug-likeness (QED) is 0.483. The van der Waals surface area contributed by atoms with Crippen molar-refractivity contribution in [2.45, 2.75) is 41.3 Å². The monoisotopic (exact) mass is 451 g/mol. The van der Waals surface area contributed by atoms with Gasteiger partial charge in [0, 0.05) is 26.4 Å². The van der Waals surface area contributed by atoms with E-state index in [0.717, 1.165) is 28.7 Å². The van der Waals surface area contributed by atoms with Crippen molar-refractivity contribution >= 4 is 35.0 Å². The third kappa shape index (κ3) is 4.99. The van der Waals surface area contributed by atoms with E-state index in [2.05, 4.69) is 10.4 Å². The first-order chi connectivity index (χ1) is 14.3. The van der Waals surface area contributed by atoms with Crippen LogP contribution in [-0.2, 0) is 17.5 Å². The molecule has 2 aromatic carbocycles. The molecule has 1 N–H and O–H groups in total. The molecule has 1 fully saturated rings. The molecule has 0 bridgehead atoms. The van der Waals surface area contributed by atoms with E-state index in [0.29, 0.717) is 16.4 Å². The van der Waals surface area contributed by atoms with Gasteiger partial charge >= 0.3 is 6.18 Å². The average molecular weight is 452 g/mol. The molecule has 1 aromatic heterocycles. The van der Waals surface area contributed by atoms with Gasteiger partial charge in [0.05, 0.1) is 5.69 Å². The number of aromatic nitrogens is 2. The fourth-order valence-electron chi connectivity index (χ4n) is 3.02. The second-order valence-electron chi connectivity index (χ2n) is 6.98. The number of hydrogen-bond acceptors (Lipinski definition) is 3. The van der Waals surface area contributed by atoms with Gasteiger partial charge in [-0.3, -0.25) is 9.48 Å². The van der Waals surface area contributed by atoms with Gasteiger partial charge in [0.25, 0.3) is 0 Å². The van der Waals surface area contributed by atoms with Crippen molar-refractivity contribution in [1.82, 2.24) is 9.78 Å². The minimum absolute atomic E-state index is 0.0362. The number of amides is 1. The highest BCUT2D eigenvalue weighted by atomic mass is 35.5. The van der Waals surface area contributed by atoms with E-state index in [1.54, 1.807) is 24.3 Å². The first-order valence-electron chi connectivity index (χ1n) is 9.27. The summed E-state index contributed by atoms with van der Waals surface area (Å²) in [7, 11) is 0. The molecule has 4 nitrogen and oxygen atoms in total. The Kier molecular flexibility index (Phi) is 5.79. The molecule has 1 heterocycles. The lowest BCUT2D eigenvalue weighted by molar-refractivity contribution is -0.141. The van der Waals surface area contributed by atoms with Crippen LogP contribution in [0.1, 0.15) is 30.1 Å². The molecule has 0 spiro atoms. The minimum Gasteiger partial charge on any atom is -0.323 e. The van der Waals surface area contributed by atoms with Crippen molar-refractivity contribution in [3.8, 4) is 0 Å². The summed E-state index contributed by atoms with van der Waals surface area (Å²) >= 11 is 7.37. The second-order valence-corrected chi connectivity index (χ2v) is 8.54. The number of nitrogens with one attached hydrogen (secondary N) is 1. The van der Waals surface area contributed by atoms with E-state index in [9.17, 15) is 18.0 Å². The highest BCUT2D eigenvalue weighted by Crippen LogP contribution is 2.42. The summed E-state index contributed by atoms with van der Waals surface area (Å²) in [5.41, 5.74) is 0.0795. The van der Waals surface area contributed by atoms with Gasteiger partial charge in [0.1, 0.15) is 6.54 Å². The van der Waals surface area contributed by atoms with Crippen LogP contribution in [0.25, 0.3) is 0 Å². The zero-order valence-corrected chi connectivity index (χ0v) is 17.2. The molecule has 9 heteroatoms. The van der Waals surface area contributed by atoms with Gasteiger partial charge in [0.15, 0.2) is 5.69 Å². The normalized spacial score (nSPS) is 14.0. The van der Waals surface area contributed by atoms with Gasteiger partial charge in [-0.25, -0.2) is 0 Å². The number of anilines is 1. The third-order valence-corrected chi connectivity index (χ3v) is 5.93. The molecular weight excluding hydrogens is 435 g/mol. The Morgan fingerprint density at radius 1 is 1.17 bits per heavy atom. The van der Waals surface area contributed by atoms with E-state index in [1.165, 1.54) is 16.4 Å². The van der Waals surface area contributed by atoms with Crippen LogP contribution in [0.5, 0.6) is 0 Å². The van der Waals surface area contributed by atoms with Crippen LogP contribution in [0, 0.1) is 0 Å². The van der Waals surface area contributed by atoms with Crippen molar-refractivity contribution in [2.75, 3.05) is 5.32 Å². The topological polar surface area (TPSA) is 46.9 Å². The Labute approximate surface area is 180 Å². The summed E-state index contributed by atoms with van der Waals surface area (Å²) in [5.74, 6) is -0.396. The van der Waals surface area contributed by atoms with Gasteiger partial charge in [-0.15, -0.1) is 0 Å². The fourth-order valence-corrected chi connectivity index (χ4v) is 4.05. The van der Waals surface area contributed by atoms with Gasteiger partial charge in [-0.2, -0.15) is 18.3 Å². The molecule has 1 amide bonds. The first-order valence-corrected chi connectivity index (χ1v) is 10.5. The van der Waals surface area contributed by atoms with Crippen LogP contribution >= 0.6 is 23.4 Å². The molecule has 30 heavy (non-hydrogen) atoms. The van der Waals surface area contributed by atoms with Crippen molar-refractivity contribution in [3.05, 3.63) is 71.0 Å². The van der Waals surface area contributed by atoms with Crippen LogP contribution < -0.4 is 5.32 Å². The van der Waals surface area contributed by atoms with E-state index in [4.69, 9.17) is 11.6 Å². The molecule has 156 valence electrons.